The number of hydrogen-bond donors (Lipinski definition) is 1. The Labute approximate surface area is 100.0 Å². The molecule has 0 radical (unpaired) electrons. The Balaban J connectivity index is 2.73. The minimum atomic E-state index is -0.208. The lowest BCUT2D eigenvalue weighted by atomic mass is 10.1. The molecule has 88 valence electrons. The minimum absolute atomic E-state index is 0.0193. The SMILES string of the molecule is CC(C)c1cc(O)cc(=O)n1-c1ccccc1. The largest absolute Gasteiger partial charge is 0.508 e. The van der Waals surface area contributed by atoms with Crippen LogP contribution in [0.25, 0.3) is 5.69 Å². The summed E-state index contributed by atoms with van der Waals surface area (Å²) in [4.78, 5) is 12.0. The summed E-state index contributed by atoms with van der Waals surface area (Å²) in [5.74, 6) is 0.181. The van der Waals surface area contributed by atoms with Crippen molar-refractivity contribution in [1.29, 1.82) is 0 Å². The molecular weight excluding hydrogens is 214 g/mol. The van der Waals surface area contributed by atoms with Crippen molar-refractivity contribution in [3.8, 4) is 11.4 Å². The van der Waals surface area contributed by atoms with E-state index < -0.39 is 0 Å². The average Bonchev–Trinajstić information content (AvgIpc) is 2.29. The Hall–Kier alpha value is -2.03. The van der Waals surface area contributed by atoms with Crippen molar-refractivity contribution in [2.75, 3.05) is 0 Å². The molecule has 17 heavy (non-hydrogen) atoms. The molecule has 0 saturated heterocycles. The molecule has 1 N–H and O–H groups in total. The third-order valence-electron chi connectivity index (χ3n) is 2.65. The Bertz CT molecular complexity index is 571. The van der Waals surface area contributed by atoms with Crippen LogP contribution in [0.15, 0.2) is 47.3 Å². The van der Waals surface area contributed by atoms with E-state index >= 15 is 0 Å². The fourth-order valence-electron chi connectivity index (χ4n) is 1.85. The molecule has 0 aliphatic carbocycles. The van der Waals surface area contributed by atoms with E-state index in [9.17, 15) is 9.90 Å². The van der Waals surface area contributed by atoms with Gasteiger partial charge in [0.1, 0.15) is 5.75 Å². The molecule has 0 aliphatic heterocycles. The fourth-order valence-corrected chi connectivity index (χ4v) is 1.85. The maximum Gasteiger partial charge on any atom is 0.259 e. The maximum atomic E-state index is 12.0. The quantitative estimate of drug-likeness (QED) is 0.860. The van der Waals surface area contributed by atoms with Crippen molar-refractivity contribution in [3.63, 3.8) is 0 Å². The van der Waals surface area contributed by atoms with Crippen LogP contribution in [0.1, 0.15) is 25.5 Å². The summed E-state index contributed by atoms with van der Waals surface area (Å²) < 4.78 is 1.63. The van der Waals surface area contributed by atoms with Crippen LogP contribution in [0.4, 0.5) is 0 Å². The topological polar surface area (TPSA) is 42.2 Å². The maximum absolute atomic E-state index is 12.0. The van der Waals surface area contributed by atoms with Gasteiger partial charge in [0.05, 0.1) is 0 Å². The predicted molar refractivity (Wildman–Crippen MR) is 67.8 cm³/mol. The van der Waals surface area contributed by atoms with Gasteiger partial charge in [0.15, 0.2) is 0 Å². The Morgan fingerprint density at radius 3 is 2.35 bits per heavy atom. The predicted octanol–water partition coefficient (Wildman–Crippen LogP) is 2.67. The van der Waals surface area contributed by atoms with Crippen molar-refractivity contribution < 1.29 is 5.11 Å². The lowest BCUT2D eigenvalue weighted by Crippen LogP contribution is -2.21. The Morgan fingerprint density at radius 1 is 1.12 bits per heavy atom. The molecule has 0 bridgehead atoms. The number of nitrogens with zero attached hydrogens (tertiary/aromatic N) is 1. The van der Waals surface area contributed by atoms with Crippen molar-refractivity contribution >= 4 is 0 Å². The van der Waals surface area contributed by atoms with Gasteiger partial charge >= 0.3 is 0 Å². The molecule has 1 aromatic carbocycles. The van der Waals surface area contributed by atoms with E-state index in [2.05, 4.69) is 0 Å². The van der Waals surface area contributed by atoms with Crippen LogP contribution in [0.3, 0.4) is 0 Å². The van der Waals surface area contributed by atoms with Crippen LogP contribution < -0.4 is 5.56 Å². The number of rotatable bonds is 2. The van der Waals surface area contributed by atoms with Gasteiger partial charge in [-0.1, -0.05) is 32.0 Å². The second-order valence-corrected chi connectivity index (χ2v) is 4.30. The molecule has 0 fully saturated rings. The highest BCUT2D eigenvalue weighted by Crippen LogP contribution is 2.20. The van der Waals surface area contributed by atoms with Crippen molar-refractivity contribution in [2.24, 2.45) is 0 Å². The van der Waals surface area contributed by atoms with Crippen LogP contribution in [0.5, 0.6) is 5.75 Å². The molecule has 3 heteroatoms. The number of hydrogen-bond acceptors (Lipinski definition) is 2. The molecule has 0 amide bonds. The van der Waals surface area contributed by atoms with Gasteiger partial charge in [-0.25, -0.2) is 0 Å². The molecule has 0 spiro atoms. The zero-order valence-corrected chi connectivity index (χ0v) is 9.92. The molecule has 0 aliphatic rings. The van der Waals surface area contributed by atoms with Crippen LogP contribution in [-0.2, 0) is 0 Å². The van der Waals surface area contributed by atoms with E-state index in [1.54, 1.807) is 10.6 Å². The summed E-state index contributed by atoms with van der Waals surface area (Å²) >= 11 is 0. The van der Waals surface area contributed by atoms with Gasteiger partial charge in [-0.15, -0.1) is 0 Å². The number of pyridine rings is 1. The Morgan fingerprint density at radius 2 is 1.76 bits per heavy atom. The van der Waals surface area contributed by atoms with Crippen LogP contribution in [0, 0.1) is 0 Å². The van der Waals surface area contributed by atoms with Gasteiger partial charge in [-0.05, 0) is 18.1 Å². The monoisotopic (exact) mass is 229 g/mol. The first-order valence-electron chi connectivity index (χ1n) is 5.61. The van der Waals surface area contributed by atoms with Crippen molar-refractivity contribution in [2.45, 2.75) is 19.8 Å². The molecule has 0 unspecified atom stereocenters. The third kappa shape index (κ3) is 2.23. The van der Waals surface area contributed by atoms with E-state index in [4.69, 9.17) is 0 Å². The normalized spacial score (nSPS) is 10.8. The molecule has 1 aromatic heterocycles. The van der Waals surface area contributed by atoms with E-state index in [-0.39, 0.29) is 17.2 Å². The molecule has 0 atom stereocenters. The van der Waals surface area contributed by atoms with Gasteiger partial charge in [0.25, 0.3) is 5.56 Å². The number of aromatic hydroxyl groups is 1. The highest BCUT2D eigenvalue weighted by Gasteiger charge is 2.11. The number of para-hydroxylation sites is 1. The summed E-state index contributed by atoms with van der Waals surface area (Å²) in [6.07, 6.45) is 0. The van der Waals surface area contributed by atoms with Crippen molar-refractivity contribution in [3.05, 3.63) is 58.5 Å². The van der Waals surface area contributed by atoms with Gasteiger partial charge in [0.2, 0.25) is 0 Å². The lowest BCUT2D eigenvalue weighted by molar-refractivity contribution is 0.470. The van der Waals surface area contributed by atoms with Gasteiger partial charge in [-0.2, -0.15) is 0 Å². The number of aromatic nitrogens is 1. The minimum Gasteiger partial charge on any atom is -0.508 e. The first-order chi connectivity index (χ1) is 8.09. The fraction of sp³-hybridized carbons (Fsp3) is 0.214. The number of benzene rings is 1. The molecule has 1 heterocycles. The van der Waals surface area contributed by atoms with E-state index in [0.29, 0.717) is 0 Å². The smallest absolute Gasteiger partial charge is 0.259 e. The molecule has 0 saturated carbocycles. The van der Waals surface area contributed by atoms with Crippen molar-refractivity contribution in [1.82, 2.24) is 4.57 Å². The lowest BCUT2D eigenvalue weighted by Gasteiger charge is -2.15. The Kier molecular flexibility index (Phi) is 3.00. The third-order valence-corrected chi connectivity index (χ3v) is 2.65. The summed E-state index contributed by atoms with van der Waals surface area (Å²) in [6, 6.07) is 12.3. The van der Waals surface area contributed by atoms with Crippen LogP contribution in [-0.4, -0.2) is 9.67 Å². The highest BCUT2D eigenvalue weighted by molar-refractivity contribution is 5.37. The molecule has 2 aromatic rings. The zero-order chi connectivity index (χ0) is 12.4. The average molecular weight is 229 g/mol. The summed E-state index contributed by atoms with van der Waals surface area (Å²) in [5, 5.41) is 9.50. The summed E-state index contributed by atoms with van der Waals surface area (Å²) in [5.41, 5.74) is 1.42. The van der Waals surface area contributed by atoms with E-state index in [0.717, 1.165) is 11.4 Å². The summed E-state index contributed by atoms with van der Waals surface area (Å²) in [7, 11) is 0. The standard InChI is InChI=1S/C14H15NO2/c1-10(2)13-8-12(16)9-14(17)15(13)11-6-4-3-5-7-11/h3-10,16H,1-2H3. The highest BCUT2D eigenvalue weighted by atomic mass is 16.3. The van der Waals surface area contributed by atoms with E-state index in [1.165, 1.54) is 6.07 Å². The first kappa shape index (κ1) is 11.5. The van der Waals surface area contributed by atoms with Gasteiger partial charge < -0.3 is 5.11 Å². The van der Waals surface area contributed by atoms with E-state index in [1.807, 2.05) is 44.2 Å². The van der Waals surface area contributed by atoms with Crippen LogP contribution in [0.2, 0.25) is 0 Å². The molecule has 3 nitrogen and oxygen atoms in total. The zero-order valence-electron chi connectivity index (χ0n) is 9.92. The second-order valence-electron chi connectivity index (χ2n) is 4.30. The van der Waals surface area contributed by atoms with Crippen LogP contribution >= 0.6 is 0 Å². The molecular formula is C14H15NO2. The second kappa shape index (κ2) is 4.45. The van der Waals surface area contributed by atoms with Gasteiger partial charge in [-0.3, -0.25) is 9.36 Å². The van der Waals surface area contributed by atoms with Gasteiger partial charge in [0, 0.05) is 23.5 Å². The molecule has 2 rings (SSSR count). The summed E-state index contributed by atoms with van der Waals surface area (Å²) in [6.45, 7) is 3.99. The first-order valence-corrected chi connectivity index (χ1v) is 5.61.